The van der Waals surface area contributed by atoms with E-state index >= 15 is 0 Å². The molecule has 2 saturated heterocycles. The van der Waals surface area contributed by atoms with Crippen LogP contribution in [0.15, 0.2) is 0 Å². The molecule has 0 radical (unpaired) electrons. The third-order valence-corrected chi connectivity index (χ3v) is 4.53. The van der Waals surface area contributed by atoms with Gasteiger partial charge in [-0.1, -0.05) is 15.9 Å². The number of carbonyl (C=O) groups is 1. The first-order chi connectivity index (χ1) is 7.79. The van der Waals surface area contributed by atoms with Crippen molar-refractivity contribution in [3.63, 3.8) is 0 Å². The predicted octanol–water partition coefficient (Wildman–Crippen LogP) is 2.19. The summed E-state index contributed by atoms with van der Waals surface area (Å²) in [4.78, 5) is 14.0. The van der Waals surface area contributed by atoms with Crippen molar-refractivity contribution in [1.82, 2.24) is 4.90 Å². The summed E-state index contributed by atoms with van der Waals surface area (Å²) in [5.41, 5.74) is 0. The number of nitrogens with zero attached hydrogens (tertiary/aromatic N) is 1. The molecule has 2 heterocycles. The van der Waals surface area contributed by atoms with Crippen LogP contribution in [-0.4, -0.2) is 41.9 Å². The molecule has 0 aromatic rings. The van der Waals surface area contributed by atoms with Gasteiger partial charge in [0.2, 0.25) is 5.91 Å². The van der Waals surface area contributed by atoms with Crippen molar-refractivity contribution in [1.29, 1.82) is 0 Å². The lowest BCUT2D eigenvalue weighted by molar-refractivity contribution is -0.134. The minimum absolute atomic E-state index is 0.196. The number of carbonyl (C=O) groups excluding carboxylic acids is 1. The Morgan fingerprint density at radius 2 is 2.06 bits per heavy atom. The zero-order chi connectivity index (χ0) is 11.4. The van der Waals surface area contributed by atoms with Crippen molar-refractivity contribution < 1.29 is 9.53 Å². The highest BCUT2D eigenvalue weighted by molar-refractivity contribution is 9.09. The van der Waals surface area contributed by atoms with Crippen LogP contribution in [-0.2, 0) is 9.53 Å². The Labute approximate surface area is 106 Å². The zero-order valence-electron chi connectivity index (χ0n) is 9.66. The van der Waals surface area contributed by atoms with Gasteiger partial charge in [-0.25, -0.2) is 0 Å². The second-order valence-electron chi connectivity index (χ2n) is 4.82. The van der Waals surface area contributed by atoms with Crippen LogP contribution < -0.4 is 0 Å². The summed E-state index contributed by atoms with van der Waals surface area (Å²) < 4.78 is 5.50. The maximum atomic E-state index is 12.0. The smallest absolute Gasteiger partial charge is 0.225 e. The molecule has 3 nitrogen and oxygen atoms in total. The highest BCUT2D eigenvalue weighted by atomic mass is 79.9. The Kier molecular flexibility index (Phi) is 4.65. The van der Waals surface area contributed by atoms with E-state index in [0.717, 1.165) is 56.6 Å². The van der Waals surface area contributed by atoms with Gasteiger partial charge in [0.05, 0.1) is 12.5 Å². The van der Waals surface area contributed by atoms with Crippen LogP contribution in [0, 0.1) is 5.92 Å². The fraction of sp³-hybridized carbons (Fsp3) is 0.917. The molecule has 4 heteroatoms. The minimum atomic E-state index is 0.196. The number of rotatable bonds is 3. The molecule has 0 saturated carbocycles. The maximum absolute atomic E-state index is 12.0. The van der Waals surface area contributed by atoms with Crippen LogP contribution in [0.3, 0.4) is 0 Å². The maximum Gasteiger partial charge on any atom is 0.225 e. The first-order valence-electron chi connectivity index (χ1n) is 6.25. The highest BCUT2D eigenvalue weighted by Crippen LogP contribution is 2.21. The molecule has 2 fully saturated rings. The molecule has 16 heavy (non-hydrogen) atoms. The van der Waals surface area contributed by atoms with Crippen molar-refractivity contribution >= 4 is 21.8 Å². The summed E-state index contributed by atoms with van der Waals surface area (Å²) in [7, 11) is 0. The molecular weight excluding hydrogens is 270 g/mol. The van der Waals surface area contributed by atoms with Crippen LogP contribution in [0.5, 0.6) is 0 Å². The lowest BCUT2D eigenvalue weighted by Crippen LogP contribution is -2.40. The lowest BCUT2D eigenvalue weighted by atomic mass is 9.98. The molecule has 0 N–H and O–H groups in total. The number of ether oxygens (including phenoxy) is 1. The molecule has 92 valence electrons. The molecule has 2 aliphatic heterocycles. The summed E-state index contributed by atoms with van der Waals surface area (Å²) in [5.74, 6) is 1.05. The molecule has 1 atom stereocenters. The van der Waals surface area contributed by atoms with Gasteiger partial charge in [0.25, 0.3) is 0 Å². The standard InChI is InChI=1S/C12H20BrNO2/c13-9-10-3-5-14(6-4-10)12(15)8-11-2-1-7-16-11/h10-11H,1-9H2. The number of amides is 1. The average Bonchev–Trinajstić information content (AvgIpc) is 2.82. The van der Waals surface area contributed by atoms with Crippen molar-refractivity contribution in [3.05, 3.63) is 0 Å². The van der Waals surface area contributed by atoms with Gasteiger partial charge in [0.1, 0.15) is 0 Å². The van der Waals surface area contributed by atoms with E-state index in [4.69, 9.17) is 4.74 Å². The normalized spacial score (nSPS) is 27.3. The fourth-order valence-corrected chi connectivity index (χ4v) is 3.11. The van der Waals surface area contributed by atoms with E-state index in [2.05, 4.69) is 15.9 Å². The van der Waals surface area contributed by atoms with E-state index in [0.29, 0.717) is 12.3 Å². The molecule has 0 aliphatic carbocycles. The van der Waals surface area contributed by atoms with Gasteiger partial charge >= 0.3 is 0 Å². The van der Waals surface area contributed by atoms with Crippen LogP contribution in [0.1, 0.15) is 32.1 Å². The number of hydrogen-bond donors (Lipinski definition) is 0. The lowest BCUT2D eigenvalue weighted by Gasteiger charge is -2.31. The van der Waals surface area contributed by atoms with E-state index in [1.54, 1.807) is 0 Å². The largest absolute Gasteiger partial charge is 0.378 e. The van der Waals surface area contributed by atoms with Gasteiger partial charge < -0.3 is 9.64 Å². The first-order valence-corrected chi connectivity index (χ1v) is 7.37. The van der Waals surface area contributed by atoms with Crippen LogP contribution in [0.4, 0.5) is 0 Å². The molecule has 0 spiro atoms. The number of likely N-dealkylation sites (tertiary alicyclic amines) is 1. The summed E-state index contributed by atoms with van der Waals surface area (Å²) >= 11 is 3.52. The molecule has 0 aromatic carbocycles. The van der Waals surface area contributed by atoms with E-state index in [-0.39, 0.29) is 6.10 Å². The molecular formula is C12H20BrNO2. The second-order valence-corrected chi connectivity index (χ2v) is 5.47. The zero-order valence-corrected chi connectivity index (χ0v) is 11.2. The van der Waals surface area contributed by atoms with Gasteiger partial charge in [-0.2, -0.15) is 0 Å². The van der Waals surface area contributed by atoms with E-state index in [1.807, 2.05) is 4.90 Å². The van der Waals surface area contributed by atoms with Gasteiger partial charge in [-0.15, -0.1) is 0 Å². The van der Waals surface area contributed by atoms with Gasteiger partial charge in [-0.05, 0) is 31.6 Å². The first kappa shape index (κ1) is 12.4. The Morgan fingerprint density at radius 1 is 1.31 bits per heavy atom. The van der Waals surface area contributed by atoms with E-state index < -0.39 is 0 Å². The molecule has 0 aromatic heterocycles. The molecule has 2 aliphatic rings. The van der Waals surface area contributed by atoms with Gasteiger partial charge in [0.15, 0.2) is 0 Å². The number of halogens is 1. The molecule has 1 amide bonds. The Hall–Kier alpha value is -0.0900. The Morgan fingerprint density at radius 3 is 2.62 bits per heavy atom. The van der Waals surface area contributed by atoms with E-state index in [1.165, 1.54) is 0 Å². The summed E-state index contributed by atoms with van der Waals surface area (Å²) in [6.07, 6.45) is 5.25. The average molecular weight is 290 g/mol. The van der Waals surface area contributed by atoms with E-state index in [9.17, 15) is 4.79 Å². The number of alkyl halides is 1. The highest BCUT2D eigenvalue weighted by Gasteiger charge is 2.25. The quantitative estimate of drug-likeness (QED) is 0.746. The summed E-state index contributed by atoms with van der Waals surface area (Å²) in [6, 6.07) is 0. The van der Waals surface area contributed by atoms with Crippen molar-refractivity contribution in [3.8, 4) is 0 Å². The van der Waals surface area contributed by atoms with Crippen LogP contribution in [0.25, 0.3) is 0 Å². The fourth-order valence-electron chi connectivity index (χ4n) is 2.47. The van der Waals surface area contributed by atoms with Crippen molar-refractivity contribution in [2.24, 2.45) is 5.92 Å². The van der Waals surface area contributed by atoms with Crippen LogP contribution >= 0.6 is 15.9 Å². The van der Waals surface area contributed by atoms with Gasteiger partial charge in [-0.3, -0.25) is 4.79 Å². The molecule has 0 bridgehead atoms. The number of hydrogen-bond acceptors (Lipinski definition) is 2. The Bertz CT molecular complexity index is 233. The molecule has 1 unspecified atom stereocenters. The van der Waals surface area contributed by atoms with Crippen molar-refractivity contribution in [2.45, 2.75) is 38.2 Å². The minimum Gasteiger partial charge on any atom is -0.378 e. The monoisotopic (exact) mass is 289 g/mol. The third kappa shape index (κ3) is 3.20. The SMILES string of the molecule is O=C(CC1CCCO1)N1CCC(CBr)CC1. The topological polar surface area (TPSA) is 29.5 Å². The van der Waals surface area contributed by atoms with Gasteiger partial charge in [0, 0.05) is 25.0 Å². The molecule has 2 rings (SSSR count). The second kappa shape index (κ2) is 6.01. The summed E-state index contributed by atoms with van der Waals surface area (Å²) in [6.45, 7) is 2.70. The third-order valence-electron chi connectivity index (χ3n) is 3.61. The Balaban J connectivity index is 1.73. The summed E-state index contributed by atoms with van der Waals surface area (Å²) in [5, 5.41) is 1.07. The van der Waals surface area contributed by atoms with Crippen LogP contribution in [0.2, 0.25) is 0 Å². The number of piperidine rings is 1. The predicted molar refractivity (Wildman–Crippen MR) is 66.7 cm³/mol. The van der Waals surface area contributed by atoms with Crippen molar-refractivity contribution in [2.75, 3.05) is 25.0 Å².